The highest BCUT2D eigenvalue weighted by Gasteiger charge is 2.08. The van der Waals surface area contributed by atoms with Gasteiger partial charge in [-0.25, -0.2) is 4.98 Å². The molecule has 0 atom stereocenters. The molecule has 0 aliphatic heterocycles. The molecule has 0 saturated carbocycles. The summed E-state index contributed by atoms with van der Waals surface area (Å²) in [5.41, 5.74) is 3.01. The van der Waals surface area contributed by atoms with Crippen molar-refractivity contribution in [1.82, 2.24) is 15.0 Å². The molecule has 0 fully saturated rings. The van der Waals surface area contributed by atoms with Crippen molar-refractivity contribution >= 4 is 5.82 Å². The van der Waals surface area contributed by atoms with Crippen molar-refractivity contribution in [2.45, 2.75) is 6.92 Å². The average Bonchev–Trinajstić information content (AvgIpc) is 2.30. The van der Waals surface area contributed by atoms with Crippen LogP contribution in [0.15, 0.2) is 30.9 Å². The lowest BCUT2D eigenvalue weighted by atomic mass is 10.1. The summed E-state index contributed by atoms with van der Waals surface area (Å²) in [6.45, 7) is 2.01. The Kier molecular flexibility index (Phi) is 2.58. The van der Waals surface area contributed by atoms with E-state index in [9.17, 15) is 0 Å². The first-order valence-corrected chi connectivity index (χ1v) is 4.72. The van der Waals surface area contributed by atoms with Gasteiger partial charge in [-0.3, -0.25) is 9.97 Å². The Balaban J connectivity index is 2.59. The van der Waals surface area contributed by atoms with E-state index in [1.807, 2.05) is 26.2 Å². The molecule has 0 aromatic carbocycles. The van der Waals surface area contributed by atoms with Crippen LogP contribution in [0.1, 0.15) is 5.56 Å². The van der Waals surface area contributed by atoms with Gasteiger partial charge < -0.3 is 5.32 Å². The van der Waals surface area contributed by atoms with Crippen LogP contribution in [-0.2, 0) is 0 Å². The molecule has 4 heteroatoms. The zero-order chi connectivity index (χ0) is 10.7. The summed E-state index contributed by atoms with van der Waals surface area (Å²) in [6, 6.07) is 1.94. The van der Waals surface area contributed by atoms with Gasteiger partial charge in [0.2, 0.25) is 0 Å². The average molecular weight is 200 g/mol. The van der Waals surface area contributed by atoms with Crippen molar-refractivity contribution in [2.24, 2.45) is 0 Å². The summed E-state index contributed by atoms with van der Waals surface area (Å²) in [5.74, 6) is 0.784. The smallest absolute Gasteiger partial charge is 0.152 e. The van der Waals surface area contributed by atoms with Crippen LogP contribution >= 0.6 is 0 Å². The Labute approximate surface area is 88.4 Å². The lowest BCUT2D eigenvalue weighted by Crippen LogP contribution is -1.98. The molecule has 76 valence electrons. The third kappa shape index (κ3) is 1.79. The number of nitrogens with one attached hydrogen (secondary N) is 1. The summed E-state index contributed by atoms with van der Waals surface area (Å²) in [4.78, 5) is 12.6. The molecule has 4 nitrogen and oxygen atoms in total. The normalized spacial score (nSPS) is 10.0. The van der Waals surface area contributed by atoms with Crippen molar-refractivity contribution in [3.05, 3.63) is 36.4 Å². The van der Waals surface area contributed by atoms with Crippen molar-refractivity contribution in [3.63, 3.8) is 0 Å². The second-order valence-electron chi connectivity index (χ2n) is 3.19. The summed E-state index contributed by atoms with van der Waals surface area (Å²) in [5, 5.41) is 3.03. The van der Waals surface area contributed by atoms with Crippen LogP contribution in [0.25, 0.3) is 11.3 Å². The van der Waals surface area contributed by atoms with Gasteiger partial charge in [0, 0.05) is 37.4 Å². The first-order valence-electron chi connectivity index (χ1n) is 4.72. The molecule has 0 aliphatic rings. The molecule has 0 saturated heterocycles. The minimum atomic E-state index is 0.784. The van der Waals surface area contributed by atoms with E-state index in [1.165, 1.54) is 0 Å². The van der Waals surface area contributed by atoms with E-state index in [4.69, 9.17) is 0 Å². The van der Waals surface area contributed by atoms with Crippen LogP contribution in [0.2, 0.25) is 0 Å². The number of rotatable bonds is 2. The van der Waals surface area contributed by atoms with Gasteiger partial charge in [-0.15, -0.1) is 0 Å². The molecular formula is C11H12N4. The van der Waals surface area contributed by atoms with Gasteiger partial charge in [0.25, 0.3) is 0 Å². The Morgan fingerprint density at radius 1 is 1.13 bits per heavy atom. The van der Waals surface area contributed by atoms with E-state index in [-0.39, 0.29) is 0 Å². The fourth-order valence-corrected chi connectivity index (χ4v) is 1.46. The predicted octanol–water partition coefficient (Wildman–Crippen LogP) is 1.89. The fourth-order valence-electron chi connectivity index (χ4n) is 1.46. The van der Waals surface area contributed by atoms with Crippen LogP contribution in [0.3, 0.4) is 0 Å². The molecule has 2 rings (SSSR count). The van der Waals surface area contributed by atoms with Crippen LogP contribution in [0, 0.1) is 6.92 Å². The lowest BCUT2D eigenvalue weighted by Gasteiger charge is -2.08. The summed E-state index contributed by atoms with van der Waals surface area (Å²) < 4.78 is 0. The van der Waals surface area contributed by atoms with Gasteiger partial charge in [0.1, 0.15) is 5.69 Å². The maximum Gasteiger partial charge on any atom is 0.152 e. The van der Waals surface area contributed by atoms with E-state index in [2.05, 4.69) is 20.3 Å². The van der Waals surface area contributed by atoms with Gasteiger partial charge in [0.15, 0.2) is 5.82 Å². The van der Waals surface area contributed by atoms with Gasteiger partial charge in [-0.1, -0.05) is 0 Å². The molecule has 1 N–H and O–H groups in total. The predicted molar refractivity (Wildman–Crippen MR) is 59.5 cm³/mol. The standard InChI is InChI=1S/C11H12N4/c1-8-7-13-4-3-9(8)10-11(12-2)15-6-5-14-10/h3-7H,1-2H3,(H,12,15). The largest absolute Gasteiger partial charge is 0.371 e. The molecule has 2 aromatic rings. The van der Waals surface area contributed by atoms with Crippen molar-refractivity contribution in [1.29, 1.82) is 0 Å². The number of pyridine rings is 1. The number of nitrogens with zero attached hydrogens (tertiary/aromatic N) is 3. The topological polar surface area (TPSA) is 50.7 Å². The third-order valence-corrected chi connectivity index (χ3v) is 2.21. The highest BCUT2D eigenvalue weighted by atomic mass is 15.0. The van der Waals surface area contributed by atoms with Gasteiger partial charge in [-0.2, -0.15) is 0 Å². The molecule has 2 heterocycles. The molecule has 0 amide bonds. The molecule has 0 radical (unpaired) electrons. The lowest BCUT2D eigenvalue weighted by molar-refractivity contribution is 1.17. The number of aromatic nitrogens is 3. The van der Waals surface area contributed by atoms with E-state index in [0.717, 1.165) is 22.6 Å². The van der Waals surface area contributed by atoms with E-state index in [1.54, 1.807) is 18.6 Å². The Bertz CT molecular complexity index is 468. The highest BCUT2D eigenvalue weighted by molar-refractivity contribution is 5.72. The van der Waals surface area contributed by atoms with Crippen molar-refractivity contribution in [3.8, 4) is 11.3 Å². The Morgan fingerprint density at radius 2 is 1.93 bits per heavy atom. The number of hydrogen-bond acceptors (Lipinski definition) is 4. The molecular weight excluding hydrogens is 188 g/mol. The van der Waals surface area contributed by atoms with Gasteiger partial charge >= 0.3 is 0 Å². The SMILES string of the molecule is CNc1nccnc1-c1ccncc1C. The van der Waals surface area contributed by atoms with Crippen LogP contribution in [0.4, 0.5) is 5.82 Å². The zero-order valence-corrected chi connectivity index (χ0v) is 8.73. The van der Waals surface area contributed by atoms with Crippen LogP contribution in [0.5, 0.6) is 0 Å². The van der Waals surface area contributed by atoms with Crippen LogP contribution in [-0.4, -0.2) is 22.0 Å². The minimum absolute atomic E-state index is 0.784. The first kappa shape index (κ1) is 9.58. The van der Waals surface area contributed by atoms with Gasteiger partial charge in [-0.05, 0) is 18.6 Å². The number of hydrogen-bond donors (Lipinski definition) is 1. The van der Waals surface area contributed by atoms with E-state index >= 15 is 0 Å². The maximum atomic E-state index is 4.33. The van der Waals surface area contributed by atoms with E-state index in [0.29, 0.717) is 0 Å². The monoisotopic (exact) mass is 200 g/mol. The quantitative estimate of drug-likeness (QED) is 0.804. The Hall–Kier alpha value is -1.97. The summed E-state index contributed by atoms with van der Waals surface area (Å²) in [6.07, 6.45) is 6.95. The van der Waals surface area contributed by atoms with Crippen LogP contribution < -0.4 is 5.32 Å². The zero-order valence-electron chi connectivity index (χ0n) is 8.73. The second-order valence-corrected chi connectivity index (χ2v) is 3.19. The summed E-state index contributed by atoms with van der Waals surface area (Å²) in [7, 11) is 1.84. The molecule has 0 aliphatic carbocycles. The van der Waals surface area contributed by atoms with Gasteiger partial charge in [0.05, 0.1) is 0 Å². The number of aryl methyl sites for hydroxylation is 1. The van der Waals surface area contributed by atoms with Crippen molar-refractivity contribution < 1.29 is 0 Å². The number of anilines is 1. The highest BCUT2D eigenvalue weighted by Crippen LogP contribution is 2.25. The molecule has 0 spiro atoms. The Morgan fingerprint density at radius 3 is 2.67 bits per heavy atom. The second kappa shape index (κ2) is 4.04. The van der Waals surface area contributed by atoms with Crippen molar-refractivity contribution in [2.75, 3.05) is 12.4 Å². The summed E-state index contributed by atoms with van der Waals surface area (Å²) >= 11 is 0. The molecule has 2 aromatic heterocycles. The van der Waals surface area contributed by atoms with E-state index < -0.39 is 0 Å². The minimum Gasteiger partial charge on any atom is -0.371 e. The molecule has 0 bridgehead atoms. The molecule has 0 unspecified atom stereocenters. The first-order chi connectivity index (χ1) is 7.33. The molecule has 15 heavy (non-hydrogen) atoms. The third-order valence-electron chi connectivity index (χ3n) is 2.21. The fraction of sp³-hybridized carbons (Fsp3) is 0.182. The maximum absolute atomic E-state index is 4.33.